The van der Waals surface area contributed by atoms with Crippen LogP contribution >= 0.6 is 0 Å². The SMILES string of the molecule is Cc1ccc(CN(CCF)C(=O)OC(C)(C)C)cc1. The third-order valence-electron chi connectivity index (χ3n) is 2.50. The first-order chi connectivity index (χ1) is 8.81. The number of nitrogens with zero attached hydrogens (tertiary/aromatic N) is 1. The lowest BCUT2D eigenvalue weighted by Crippen LogP contribution is -2.37. The van der Waals surface area contributed by atoms with Gasteiger partial charge in [0.1, 0.15) is 12.3 Å². The summed E-state index contributed by atoms with van der Waals surface area (Å²) in [5.41, 5.74) is 1.54. The molecule has 0 saturated heterocycles. The zero-order valence-electron chi connectivity index (χ0n) is 12.1. The first kappa shape index (κ1) is 15.5. The number of amides is 1. The first-order valence-corrected chi connectivity index (χ1v) is 6.41. The van der Waals surface area contributed by atoms with Crippen molar-refractivity contribution in [3.05, 3.63) is 35.4 Å². The Balaban J connectivity index is 2.72. The van der Waals surface area contributed by atoms with Crippen molar-refractivity contribution in [1.29, 1.82) is 0 Å². The van der Waals surface area contributed by atoms with Gasteiger partial charge in [0.2, 0.25) is 0 Å². The number of carbonyl (C=O) groups excluding carboxylic acids is 1. The quantitative estimate of drug-likeness (QED) is 0.832. The monoisotopic (exact) mass is 267 g/mol. The predicted octanol–water partition coefficient (Wildman–Crippen LogP) is 3.70. The molecule has 0 radical (unpaired) electrons. The van der Waals surface area contributed by atoms with Crippen LogP contribution in [-0.4, -0.2) is 29.8 Å². The molecule has 0 aliphatic rings. The van der Waals surface area contributed by atoms with E-state index in [0.717, 1.165) is 11.1 Å². The molecule has 0 aliphatic heterocycles. The van der Waals surface area contributed by atoms with Crippen molar-refractivity contribution in [2.45, 2.75) is 39.8 Å². The maximum absolute atomic E-state index is 12.6. The molecule has 0 heterocycles. The highest BCUT2D eigenvalue weighted by atomic mass is 19.1. The minimum absolute atomic E-state index is 0.0444. The van der Waals surface area contributed by atoms with Crippen LogP contribution in [0, 0.1) is 6.92 Å². The summed E-state index contributed by atoms with van der Waals surface area (Å²) in [7, 11) is 0. The van der Waals surface area contributed by atoms with Crippen LogP contribution in [0.2, 0.25) is 0 Å². The number of rotatable bonds is 4. The van der Waals surface area contributed by atoms with Gasteiger partial charge in [0.05, 0.1) is 6.54 Å². The van der Waals surface area contributed by atoms with Gasteiger partial charge in [0.15, 0.2) is 0 Å². The Morgan fingerprint density at radius 1 is 1.26 bits per heavy atom. The van der Waals surface area contributed by atoms with E-state index in [-0.39, 0.29) is 6.54 Å². The van der Waals surface area contributed by atoms with Crippen molar-refractivity contribution in [2.75, 3.05) is 13.2 Å². The van der Waals surface area contributed by atoms with Crippen LogP contribution in [-0.2, 0) is 11.3 Å². The van der Waals surface area contributed by atoms with Crippen LogP contribution in [0.5, 0.6) is 0 Å². The number of carbonyl (C=O) groups is 1. The third-order valence-corrected chi connectivity index (χ3v) is 2.50. The molecule has 1 amide bonds. The van der Waals surface area contributed by atoms with Crippen LogP contribution in [0.1, 0.15) is 31.9 Å². The number of aryl methyl sites for hydroxylation is 1. The van der Waals surface area contributed by atoms with Gasteiger partial charge in [0.25, 0.3) is 0 Å². The van der Waals surface area contributed by atoms with E-state index in [4.69, 9.17) is 4.74 Å². The lowest BCUT2D eigenvalue weighted by Gasteiger charge is -2.26. The van der Waals surface area contributed by atoms with Crippen molar-refractivity contribution >= 4 is 6.09 Å². The summed E-state index contributed by atoms with van der Waals surface area (Å²) >= 11 is 0. The molecule has 0 spiro atoms. The van der Waals surface area contributed by atoms with Crippen molar-refractivity contribution in [3.8, 4) is 0 Å². The number of benzene rings is 1. The standard InChI is InChI=1S/C15H22FNO2/c1-12-5-7-13(8-6-12)11-17(10-9-16)14(18)19-15(2,3)4/h5-8H,9-11H2,1-4H3. The second-order valence-electron chi connectivity index (χ2n) is 5.58. The number of alkyl halides is 1. The molecule has 0 aliphatic carbocycles. The molecule has 1 rings (SSSR count). The van der Waals surface area contributed by atoms with E-state index < -0.39 is 18.4 Å². The van der Waals surface area contributed by atoms with E-state index in [1.807, 2.05) is 31.2 Å². The van der Waals surface area contributed by atoms with E-state index in [0.29, 0.717) is 6.54 Å². The second kappa shape index (κ2) is 6.55. The van der Waals surface area contributed by atoms with Gasteiger partial charge in [-0.1, -0.05) is 29.8 Å². The Labute approximate surface area is 114 Å². The molecule has 0 unspecified atom stereocenters. The molecule has 4 heteroatoms. The van der Waals surface area contributed by atoms with Crippen LogP contribution in [0.4, 0.5) is 9.18 Å². The van der Waals surface area contributed by atoms with Crippen LogP contribution in [0.3, 0.4) is 0 Å². The molecular weight excluding hydrogens is 245 g/mol. The van der Waals surface area contributed by atoms with E-state index >= 15 is 0 Å². The van der Waals surface area contributed by atoms with Crippen molar-refractivity contribution < 1.29 is 13.9 Å². The minimum Gasteiger partial charge on any atom is -0.444 e. The minimum atomic E-state index is -0.578. The summed E-state index contributed by atoms with van der Waals surface area (Å²) in [6.45, 7) is 7.21. The van der Waals surface area contributed by atoms with Crippen LogP contribution in [0.15, 0.2) is 24.3 Å². The van der Waals surface area contributed by atoms with Crippen LogP contribution in [0.25, 0.3) is 0 Å². The fraction of sp³-hybridized carbons (Fsp3) is 0.533. The predicted molar refractivity (Wildman–Crippen MR) is 73.8 cm³/mol. The highest BCUT2D eigenvalue weighted by molar-refractivity contribution is 5.68. The molecule has 106 valence electrons. The van der Waals surface area contributed by atoms with Gasteiger partial charge in [-0.05, 0) is 33.3 Å². The smallest absolute Gasteiger partial charge is 0.410 e. The Morgan fingerprint density at radius 3 is 2.32 bits per heavy atom. The van der Waals surface area contributed by atoms with Gasteiger partial charge in [-0.15, -0.1) is 0 Å². The zero-order chi connectivity index (χ0) is 14.5. The molecule has 0 N–H and O–H groups in total. The average Bonchev–Trinajstić information content (AvgIpc) is 2.29. The number of hydrogen-bond acceptors (Lipinski definition) is 2. The molecule has 0 aromatic heterocycles. The summed E-state index contributed by atoms with van der Waals surface area (Å²) in [5.74, 6) is 0. The van der Waals surface area contributed by atoms with E-state index in [9.17, 15) is 9.18 Å². The van der Waals surface area contributed by atoms with Crippen molar-refractivity contribution in [1.82, 2.24) is 4.90 Å². The van der Waals surface area contributed by atoms with E-state index in [1.54, 1.807) is 20.8 Å². The summed E-state index contributed by atoms with van der Waals surface area (Å²) in [6.07, 6.45) is -0.481. The summed E-state index contributed by atoms with van der Waals surface area (Å²) in [6, 6.07) is 7.81. The lowest BCUT2D eigenvalue weighted by atomic mass is 10.1. The number of ether oxygens (including phenoxy) is 1. The summed E-state index contributed by atoms with van der Waals surface area (Å²) in [5, 5.41) is 0. The average molecular weight is 267 g/mol. The van der Waals surface area contributed by atoms with Gasteiger partial charge in [-0.3, -0.25) is 0 Å². The van der Waals surface area contributed by atoms with Gasteiger partial charge in [-0.2, -0.15) is 0 Å². The summed E-state index contributed by atoms with van der Waals surface area (Å²) in [4.78, 5) is 13.3. The molecule has 1 aromatic carbocycles. The van der Waals surface area contributed by atoms with E-state index in [2.05, 4.69) is 0 Å². The van der Waals surface area contributed by atoms with Gasteiger partial charge in [-0.25, -0.2) is 9.18 Å². The molecule has 3 nitrogen and oxygen atoms in total. The Bertz CT molecular complexity index is 409. The maximum atomic E-state index is 12.6. The molecular formula is C15H22FNO2. The molecule has 0 atom stereocenters. The Morgan fingerprint density at radius 2 is 1.84 bits per heavy atom. The van der Waals surface area contributed by atoms with Gasteiger partial charge in [0, 0.05) is 6.54 Å². The first-order valence-electron chi connectivity index (χ1n) is 6.41. The second-order valence-corrected chi connectivity index (χ2v) is 5.58. The molecule has 19 heavy (non-hydrogen) atoms. The largest absolute Gasteiger partial charge is 0.444 e. The van der Waals surface area contributed by atoms with Crippen molar-refractivity contribution in [3.63, 3.8) is 0 Å². The normalized spacial score (nSPS) is 11.2. The molecule has 0 bridgehead atoms. The Kier molecular flexibility index (Phi) is 5.33. The van der Waals surface area contributed by atoms with E-state index in [1.165, 1.54) is 4.90 Å². The van der Waals surface area contributed by atoms with Crippen molar-refractivity contribution in [2.24, 2.45) is 0 Å². The van der Waals surface area contributed by atoms with Crippen LogP contribution < -0.4 is 0 Å². The maximum Gasteiger partial charge on any atom is 0.410 e. The fourth-order valence-electron chi connectivity index (χ4n) is 1.58. The lowest BCUT2D eigenvalue weighted by molar-refractivity contribution is 0.0222. The Hall–Kier alpha value is -1.58. The number of hydrogen-bond donors (Lipinski definition) is 0. The molecule has 0 saturated carbocycles. The summed E-state index contributed by atoms with van der Waals surface area (Å²) < 4.78 is 17.8. The van der Waals surface area contributed by atoms with Gasteiger partial charge < -0.3 is 9.64 Å². The molecule has 0 fully saturated rings. The zero-order valence-corrected chi connectivity index (χ0v) is 12.1. The highest BCUT2D eigenvalue weighted by Gasteiger charge is 2.22. The van der Waals surface area contributed by atoms with Gasteiger partial charge >= 0.3 is 6.09 Å². The molecule has 1 aromatic rings. The topological polar surface area (TPSA) is 29.5 Å². The highest BCUT2D eigenvalue weighted by Crippen LogP contribution is 2.13. The third kappa shape index (κ3) is 5.73. The fourth-order valence-corrected chi connectivity index (χ4v) is 1.58. The number of halogens is 1.